The van der Waals surface area contributed by atoms with E-state index in [2.05, 4.69) is 21.2 Å². The average Bonchev–Trinajstić information content (AvgIpc) is 3.28. The van der Waals surface area contributed by atoms with Crippen molar-refractivity contribution in [3.8, 4) is 0 Å². The van der Waals surface area contributed by atoms with Gasteiger partial charge in [0, 0.05) is 37.3 Å². The standard InChI is InChI=1S/C18H22FN3O/c19-16-4-1-3-14(13-16)5-8-18(23)20-10-2-12-22-17(9-11-21-22)15-6-7-15/h1,3-4,9,11,13,15H,2,5-8,10,12H2,(H,20,23). The van der Waals surface area contributed by atoms with Crippen LogP contribution >= 0.6 is 0 Å². The third-order valence-electron chi connectivity index (χ3n) is 4.14. The minimum absolute atomic E-state index is 0.0112. The second kappa shape index (κ2) is 7.40. The monoisotopic (exact) mass is 315 g/mol. The summed E-state index contributed by atoms with van der Waals surface area (Å²) >= 11 is 0. The van der Waals surface area contributed by atoms with E-state index in [0.29, 0.717) is 25.3 Å². The predicted octanol–water partition coefficient (Wildman–Crippen LogP) is 3.04. The maximum atomic E-state index is 13.1. The van der Waals surface area contributed by atoms with E-state index in [1.807, 2.05) is 12.3 Å². The molecule has 0 unspecified atom stereocenters. The molecule has 0 spiro atoms. The third-order valence-corrected chi connectivity index (χ3v) is 4.14. The first kappa shape index (κ1) is 15.7. The Morgan fingerprint density at radius 3 is 3.00 bits per heavy atom. The van der Waals surface area contributed by atoms with Crippen LogP contribution in [0.15, 0.2) is 36.5 Å². The van der Waals surface area contributed by atoms with Gasteiger partial charge >= 0.3 is 0 Å². The summed E-state index contributed by atoms with van der Waals surface area (Å²) in [7, 11) is 0. The zero-order valence-electron chi connectivity index (χ0n) is 13.2. The molecule has 5 heteroatoms. The third kappa shape index (κ3) is 4.65. The van der Waals surface area contributed by atoms with Crippen LogP contribution in [-0.4, -0.2) is 22.2 Å². The molecule has 3 rings (SSSR count). The highest BCUT2D eigenvalue weighted by Crippen LogP contribution is 2.39. The Bertz CT molecular complexity index is 664. The van der Waals surface area contributed by atoms with Crippen LogP contribution in [0.25, 0.3) is 0 Å². The molecule has 1 aromatic heterocycles. The van der Waals surface area contributed by atoms with Crippen LogP contribution in [0, 0.1) is 5.82 Å². The number of amides is 1. The van der Waals surface area contributed by atoms with Crippen molar-refractivity contribution in [3.63, 3.8) is 0 Å². The van der Waals surface area contributed by atoms with E-state index in [1.165, 1.54) is 30.7 Å². The number of nitrogens with zero attached hydrogens (tertiary/aromatic N) is 2. The minimum Gasteiger partial charge on any atom is -0.356 e. The topological polar surface area (TPSA) is 46.9 Å². The van der Waals surface area contributed by atoms with Gasteiger partial charge in [-0.2, -0.15) is 5.10 Å². The van der Waals surface area contributed by atoms with Gasteiger partial charge in [-0.25, -0.2) is 4.39 Å². The molecule has 4 nitrogen and oxygen atoms in total. The van der Waals surface area contributed by atoms with E-state index < -0.39 is 0 Å². The molecule has 0 atom stereocenters. The molecular formula is C18H22FN3O. The Morgan fingerprint density at radius 1 is 1.35 bits per heavy atom. The molecule has 1 aromatic carbocycles. The normalized spacial score (nSPS) is 14.0. The molecule has 1 N–H and O–H groups in total. The SMILES string of the molecule is O=C(CCc1cccc(F)c1)NCCCn1nccc1C1CC1. The Labute approximate surface area is 135 Å². The molecule has 0 aliphatic heterocycles. The second-order valence-corrected chi connectivity index (χ2v) is 6.09. The Balaban J connectivity index is 1.34. The van der Waals surface area contributed by atoms with Gasteiger partial charge in [-0.15, -0.1) is 0 Å². The lowest BCUT2D eigenvalue weighted by molar-refractivity contribution is -0.121. The van der Waals surface area contributed by atoms with E-state index >= 15 is 0 Å². The zero-order valence-corrected chi connectivity index (χ0v) is 13.2. The Morgan fingerprint density at radius 2 is 2.22 bits per heavy atom. The number of aromatic nitrogens is 2. The molecule has 1 aliphatic rings. The molecular weight excluding hydrogens is 293 g/mol. The van der Waals surface area contributed by atoms with Crippen molar-refractivity contribution < 1.29 is 9.18 Å². The van der Waals surface area contributed by atoms with Gasteiger partial charge in [-0.3, -0.25) is 9.48 Å². The highest BCUT2D eigenvalue weighted by Gasteiger charge is 2.26. The highest BCUT2D eigenvalue weighted by atomic mass is 19.1. The maximum absolute atomic E-state index is 13.1. The van der Waals surface area contributed by atoms with Gasteiger partial charge in [0.1, 0.15) is 5.82 Å². The van der Waals surface area contributed by atoms with Crippen LogP contribution in [0.5, 0.6) is 0 Å². The number of benzene rings is 1. The summed E-state index contributed by atoms with van der Waals surface area (Å²) in [5.41, 5.74) is 2.17. The summed E-state index contributed by atoms with van der Waals surface area (Å²) in [6.45, 7) is 1.48. The molecule has 1 amide bonds. The number of aryl methyl sites for hydroxylation is 2. The first-order valence-corrected chi connectivity index (χ1v) is 8.25. The van der Waals surface area contributed by atoms with E-state index in [4.69, 9.17) is 0 Å². The lowest BCUT2D eigenvalue weighted by Gasteiger charge is -2.08. The van der Waals surface area contributed by atoms with Crippen LogP contribution in [0.3, 0.4) is 0 Å². The fraction of sp³-hybridized carbons (Fsp3) is 0.444. The van der Waals surface area contributed by atoms with Crippen LogP contribution in [0.2, 0.25) is 0 Å². The summed E-state index contributed by atoms with van der Waals surface area (Å²) in [5.74, 6) is 0.448. The van der Waals surface area contributed by atoms with E-state index in [0.717, 1.165) is 18.5 Å². The number of rotatable bonds is 8. The molecule has 23 heavy (non-hydrogen) atoms. The quantitative estimate of drug-likeness (QED) is 0.761. The summed E-state index contributed by atoms with van der Waals surface area (Å²) in [4.78, 5) is 11.8. The summed E-state index contributed by atoms with van der Waals surface area (Å²) in [5, 5.41) is 7.27. The first-order chi connectivity index (χ1) is 11.2. The fourth-order valence-corrected chi connectivity index (χ4v) is 2.75. The van der Waals surface area contributed by atoms with Gasteiger partial charge in [0.15, 0.2) is 0 Å². The number of nitrogens with one attached hydrogen (secondary N) is 1. The molecule has 0 saturated heterocycles. The predicted molar refractivity (Wildman–Crippen MR) is 86.5 cm³/mol. The largest absolute Gasteiger partial charge is 0.356 e. The van der Waals surface area contributed by atoms with Crippen molar-refractivity contribution in [3.05, 3.63) is 53.6 Å². The van der Waals surface area contributed by atoms with Crippen molar-refractivity contribution >= 4 is 5.91 Å². The zero-order chi connectivity index (χ0) is 16.1. The molecule has 1 aliphatic carbocycles. The molecule has 0 bridgehead atoms. The molecule has 1 heterocycles. The average molecular weight is 315 g/mol. The van der Waals surface area contributed by atoms with Gasteiger partial charge in [-0.05, 0) is 49.4 Å². The van der Waals surface area contributed by atoms with Crippen LogP contribution in [0.4, 0.5) is 4.39 Å². The first-order valence-electron chi connectivity index (χ1n) is 8.25. The molecule has 122 valence electrons. The van der Waals surface area contributed by atoms with Gasteiger partial charge in [0.05, 0.1) is 0 Å². The highest BCUT2D eigenvalue weighted by molar-refractivity contribution is 5.76. The van der Waals surface area contributed by atoms with Gasteiger partial charge in [0.25, 0.3) is 0 Å². The number of hydrogen-bond donors (Lipinski definition) is 1. The van der Waals surface area contributed by atoms with Crippen molar-refractivity contribution in [2.45, 2.75) is 44.6 Å². The molecule has 0 radical (unpaired) electrons. The fourth-order valence-electron chi connectivity index (χ4n) is 2.75. The Kier molecular flexibility index (Phi) is 5.05. The smallest absolute Gasteiger partial charge is 0.220 e. The van der Waals surface area contributed by atoms with Gasteiger partial charge in [-0.1, -0.05) is 12.1 Å². The van der Waals surface area contributed by atoms with E-state index in [9.17, 15) is 9.18 Å². The van der Waals surface area contributed by atoms with E-state index in [-0.39, 0.29) is 11.7 Å². The van der Waals surface area contributed by atoms with Crippen molar-refractivity contribution in [1.82, 2.24) is 15.1 Å². The van der Waals surface area contributed by atoms with Gasteiger partial charge in [0.2, 0.25) is 5.91 Å². The molecule has 2 aromatic rings. The molecule has 1 saturated carbocycles. The summed E-state index contributed by atoms with van der Waals surface area (Å²) in [6.07, 6.45) is 6.20. The lowest BCUT2D eigenvalue weighted by Crippen LogP contribution is -2.25. The number of halogens is 1. The maximum Gasteiger partial charge on any atom is 0.220 e. The summed E-state index contributed by atoms with van der Waals surface area (Å²) in [6, 6.07) is 8.49. The van der Waals surface area contributed by atoms with Crippen LogP contribution in [-0.2, 0) is 17.8 Å². The summed E-state index contributed by atoms with van der Waals surface area (Å²) < 4.78 is 15.1. The minimum atomic E-state index is -0.256. The van der Waals surface area contributed by atoms with Crippen LogP contribution < -0.4 is 5.32 Å². The Hall–Kier alpha value is -2.17. The van der Waals surface area contributed by atoms with Gasteiger partial charge < -0.3 is 5.32 Å². The number of carbonyl (C=O) groups excluding carboxylic acids is 1. The van der Waals surface area contributed by atoms with Crippen molar-refractivity contribution in [2.24, 2.45) is 0 Å². The van der Waals surface area contributed by atoms with Crippen molar-refractivity contribution in [1.29, 1.82) is 0 Å². The number of carbonyl (C=O) groups is 1. The number of hydrogen-bond acceptors (Lipinski definition) is 2. The molecule has 1 fully saturated rings. The lowest BCUT2D eigenvalue weighted by atomic mass is 10.1. The van der Waals surface area contributed by atoms with E-state index in [1.54, 1.807) is 6.07 Å². The van der Waals surface area contributed by atoms with Crippen molar-refractivity contribution in [2.75, 3.05) is 6.54 Å². The van der Waals surface area contributed by atoms with Crippen LogP contribution in [0.1, 0.15) is 42.9 Å². The second-order valence-electron chi connectivity index (χ2n) is 6.09.